The van der Waals surface area contributed by atoms with Gasteiger partial charge in [0, 0.05) is 7.05 Å². The van der Waals surface area contributed by atoms with E-state index in [1.165, 1.54) is 4.57 Å². The van der Waals surface area contributed by atoms with Crippen molar-refractivity contribution >= 4 is 0 Å². The first-order chi connectivity index (χ1) is 7.94. The van der Waals surface area contributed by atoms with Gasteiger partial charge in [0.15, 0.2) is 5.75 Å². The number of piperidine rings is 1. The summed E-state index contributed by atoms with van der Waals surface area (Å²) in [6.07, 6.45) is 0.919. The average molecular weight is 238 g/mol. The molecule has 0 amide bonds. The molecule has 0 saturated carbocycles. The zero-order chi connectivity index (χ0) is 12.4. The lowest BCUT2D eigenvalue weighted by Gasteiger charge is -2.39. The van der Waals surface area contributed by atoms with Gasteiger partial charge in [-0.15, -0.1) is 0 Å². The minimum absolute atomic E-state index is 0.00239. The van der Waals surface area contributed by atoms with E-state index < -0.39 is 0 Å². The highest BCUT2D eigenvalue weighted by Crippen LogP contribution is 2.56. The van der Waals surface area contributed by atoms with Crippen molar-refractivity contribution in [2.45, 2.75) is 31.9 Å². The summed E-state index contributed by atoms with van der Waals surface area (Å²) in [4.78, 5) is 0. The molecule has 5 heteroatoms. The van der Waals surface area contributed by atoms with Crippen LogP contribution in [-0.2, 0) is 7.05 Å². The minimum Gasteiger partial charge on any atom is -0.494 e. The summed E-state index contributed by atoms with van der Waals surface area (Å²) in [5, 5.41) is 23.4. The lowest BCUT2D eigenvalue weighted by atomic mass is 9.81. The summed E-state index contributed by atoms with van der Waals surface area (Å²) in [5.74, 6) is 1.05. The van der Waals surface area contributed by atoms with Crippen LogP contribution in [0.25, 0.3) is 0 Å². The Kier molecular flexibility index (Phi) is 1.96. The Hall–Kier alpha value is -1.36. The molecular formula is C12H18N2O3. The number of nitrogens with one attached hydrogen (secondary N) is 1. The molecule has 1 aromatic rings. The molecule has 3 rings (SSSR count). The third kappa shape index (κ3) is 1.23. The molecule has 1 aromatic heterocycles. The Labute approximate surface area is 100 Å². The van der Waals surface area contributed by atoms with Crippen molar-refractivity contribution in [1.82, 2.24) is 9.88 Å². The van der Waals surface area contributed by atoms with Crippen molar-refractivity contribution in [1.29, 1.82) is 0 Å². The molecule has 0 aliphatic carbocycles. The number of hydrogen-bond donors (Lipinski definition) is 3. The largest absolute Gasteiger partial charge is 0.494 e. The third-order valence-corrected chi connectivity index (χ3v) is 3.98. The molecule has 2 aliphatic heterocycles. The van der Waals surface area contributed by atoms with Gasteiger partial charge in [-0.25, -0.2) is 0 Å². The maximum absolute atomic E-state index is 10.0. The van der Waals surface area contributed by atoms with Crippen molar-refractivity contribution in [3.05, 3.63) is 5.56 Å². The van der Waals surface area contributed by atoms with Crippen LogP contribution >= 0.6 is 0 Å². The molecule has 1 unspecified atom stereocenters. The lowest BCUT2D eigenvalue weighted by Crippen LogP contribution is -2.49. The molecule has 3 heterocycles. The van der Waals surface area contributed by atoms with E-state index in [0.29, 0.717) is 17.2 Å². The highest BCUT2D eigenvalue weighted by atomic mass is 16.5. The smallest absolute Gasteiger partial charge is 0.237 e. The lowest BCUT2D eigenvalue weighted by molar-refractivity contribution is 0.0236. The molecule has 0 radical (unpaired) electrons. The fourth-order valence-corrected chi connectivity index (χ4v) is 3.17. The van der Waals surface area contributed by atoms with E-state index in [9.17, 15) is 10.2 Å². The second-order valence-electron chi connectivity index (χ2n) is 5.51. The van der Waals surface area contributed by atoms with Crippen LogP contribution in [0.2, 0.25) is 0 Å². The number of rotatable bonds is 0. The Morgan fingerprint density at radius 3 is 2.82 bits per heavy atom. The molecule has 17 heavy (non-hydrogen) atoms. The number of hydrogen-bond acceptors (Lipinski definition) is 4. The molecule has 0 spiro atoms. The summed E-state index contributed by atoms with van der Waals surface area (Å²) in [5.41, 5.74) is 0.324. The maximum atomic E-state index is 10.0. The molecule has 1 fully saturated rings. The Morgan fingerprint density at radius 1 is 1.41 bits per heavy atom. The van der Waals surface area contributed by atoms with Gasteiger partial charge >= 0.3 is 0 Å². The first-order valence-corrected chi connectivity index (χ1v) is 5.97. The predicted octanol–water partition coefficient (Wildman–Crippen LogP) is 1.26. The van der Waals surface area contributed by atoms with Gasteiger partial charge in [-0.3, -0.25) is 4.57 Å². The molecule has 2 aliphatic rings. The Balaban J connectivity index is 2.10. The Bertz CT molecular complexity index is 483. The number of aromatic nitrogens is 1. The van der Waals surface area contributed by atoms with E-state index in [1.54, 1.807) is 7.05 Å². The van der Waals surface area contributed by atoms with E-state index in [-0.39, 0.29) is 23.4 Å². The highest BCUT2D eigenvalue weighted by molar-refractivity contribution is 5.57. The van der Waals surface area contributed by atoms with Crippen LogP contribution < -0.4 is 10.1 Å². The van der Waals surface area contributed by atoms with Gasteiger partial charge in [0.1, 0.15) is 5.60 Å². The maximum Gasteiger partial charge on any atom is 0.237 e. The van der Waals surface area contributed by atoms with Gasteiger partial charge in [0.25, 0.3) is 0 Å². The normalized spacial score (nSPS) is 35.2. The van der Waals surface area contributed by atoms with Crippen LogP contribution in [0, 0.1) is 5.92 Å². The zero-order valence-corrected chi connectivity index (χ0v) is 10.3. The molecule has 94 valence electrons. The minimum atomic E-state index is -0.369. The Morgan fingerprint density at radius 2 is 2.12 bits per heavy atom. The van der Waals surface area contributed by atoms with Crippen molar-refractivity contribution < 1.29 is 14.9 Å². The van der Waals surface area contributed by atoms with E-state index in [0.717, 1.165) is 13.0 Å². The van der Waals surface area contributed by atoms with Crippen LogP contribution in [-0.4, -0.2) is 26.9 Å². The van der Waals surface area contributed by atoms with E-state index in [2.05, 4.69) is 12.2 Å². The number of aromatic hydroxyl groups is 2. The fraction of sp³-hybridized carbons (Fsp3) is 0.667. The number of nitrogens with zero attached hydrogens (tertiary/aromatic N) is 1. The fourth-order valence-electron chi connectivity index (χ4n) is 3.17. The standard InChI is InChI=1S/C12H18N2O3/c1-6-4-12(2)9(13-5-6)7-8(17-12)11(16)14(3)10(7)15/h6,9,13,15-16H,4-5H2,1-3H3/t6?,9-,12-/m0/s1. The molecule has 1 saturated heterocycles. The molecule has 0 aromatic carbocycles. The molecule has 3 atom stereocenters. The summed E-state index contributed by atoms with van der Waals surface area (Å²) >= 11 is 0. The first kappa shape index (κ1) is 10.8. The van der Waals surface area contributed by atoms with Gasteiger partial charge in [0.2, 0.25) is 11.8 Å². The third-order valence-electron chi connectivity index (χ3n) is 3.98. The second kappa shape index (κ2) is 3.10. The summed E-state index contributed by atoms with van der Waals surface area (Å²) in [6.45, 7) is 5.10. The van der Waals surface area contributed by atoms with Crippen molar-refractivity contribution in [2.24, 2.45) is 13.0 Å². The van der Waals surface area contributed by atoms with Crippen LogP contribution in [0.5, 0.6) is 17.5 Å². The van der Waals surface area contributed by atoms with Gasteiger partial charge in [-0.2, -0.15) is 0 Å². The predicted molar refractivity (Wildman–Crippen MR) is 62.3 cm³/mol. The quantitative estimate of drug-likeness (QED) is 0.636. The van der Waals surface area contributed by atoms with Crippen molar-refractivity contribution in [2.75, 3.05) is 6.54 Å². The summed E-state index contributed by atoms with van der Waals surface area (Å²) in [6, 6.07) is -0.0409. The number of fused-ring (bicyclic) bond motifs is 3. The van der Waals surface area contributed by atoms with Gasteiger partial charge in [-0.1, -0.05) is 6.92 Å². The van der Waals surface area contributed by atoms with Gasteiger partial charge < -0.3 is 20.3 Å². The van der Waals surface area contributed by atoms with E-state index in [1.807, 2.05) is 6.92 Å². The van der Waals surface area contributed by atoms with Crippen LogP contribution in [0.15, 0.2) is 0 Å². The van der Waals surface area contributed by atoms with E-state index >= 15 is 0 Å². The topological polar surface area (TPSA) is 66.7 Å². The number of ether oxygens (including phenoxy) is 1. The van der Waals surface area contributed by atoms with Crippen LogP contribution in [0.1, 0.15) is 31.9 Å². The summed E-state index contributed by atoms with van der Waals surface area (Å²) in [7, 11) is 1.62. The average Bonchev–Trinajstić information content (AvgIpc) is 2.66. The monoisotopic (exact) mass is 238 g/mol. The molecule has 5 nitrogen and oxygen atoms in total. The zero-order valence-electron chi connectivity index (χ0n) is 10.3. The highest BCUT2D eigenvalue weighted by Gasteiger charge is 2.52. The van der Waals surface area contributed by atoms with Crippen molar-refractivity contribution in [3.8, 4) is 17.5 Å². The SMILES string of the molecule is CC1CN[C@H]2c3c(c(O)n(C)c3O)O[C@@]2(C)C1. The molecular weight excluding hydrogens is 220 g/mol. The molecule has 0 bridgehead atoms. The van der Waals surface area contributed by atoms with Gasteiger partial charge in [-0.05, 0) is 25.8 Å². The second-order valence-corrected chi connectivity index (χ2v) is 5.51. The first-order valence-electron chi connectivity index (χ1n) is 5.97. The van der Waals surface area contributed by atoms with Crippen LogP contribution in [0.3, 0.4) is 0 Å². The summed E-state index contributed by atoms with van der Waals surface area (Å²) < 4.78 is 7.26. The van der Waals surface area contributed by atoms with Crippen LogP contribution in [0.4, 0.5) is 0 Å². The van der Waals surface area contributed by atoms with Gasteiger partial charge in [0.05, 0.1) is 11.6 Å². The van der Waals surface area contributed by atoms with Crippen molar-refractivity contribution in [3.63, 3.8) is 0 Å². The molecule has 3 N–H and O–H groups in total. The van der Waals surface area contributed by atoms with E-state index in [4.69, 9.17) is 4.74 Å².